The van der Waals surface area contributed by atoms with Crippen molar-refractivity contribution in [2.45, 2.75) is 34.1 Å². The monoisotopic (exact) mass is 258 g/mol. The number of hydrogen-bond acceptors (Lipinski definition) is 2. The molecule has 0 fully saturated rings. The lowest BCUT2D eigenvalue weighted by molar-refractivity contribution is 0.0889. The van der Waals surface area contributed by atoms with Gasteiger partial charge in [-0.15, -0.1) is 0 Å². The van der Waals surface area contributed by atoms with Gasteiger partial charge < -0.3 is 9.97 Å². The predicted molar refractivity (Wildman–Crippen MR) is 73.8 cm³/mol. The molecule has 0 atom stereocenters. The number of hydrogen-bond donors (Lipinski definition) is 2. The van der Waals surface area contributed by atoms with Gasteiger partial charge in [0.1, 0.15) is 0 Å². The molecule has 0 saturated carbocycles. The average molecular weight is 258 g/mol. The van der Waals surface area contributed by atoms with Crippen LogP contribution in [-0.4, -0.2) is 21.5 Å². The number of Topliss-reactive ketones (excluding diaryl/α,β-unsaturated/α-hetero) is 2. The molecule has 19 heavy (non-hydrogen) atoms. The summed E-state index contributed by atoms with van der Waals surface area (Å²) >= 11 is 0. The summed E-state index contributed by atoms with van der Waals surface area (Å²) in [6.07, 6.45) is -0.112. The number of ketones is 2. The Bertz CT molecular complexity index is 552. The molecule has 100 valence electrons. The van der Waals surface area contributed by atoms with Crippen LogP contribution < -0.4 is 0 Å². The Morgan fingerprint density at radius 3 is 1.47 bits per heavy atom. The maximum absolute atomic E-state index is 12.0. The Balaban J connectivity index is 2.12. The number of nitrogens with one attached hydrogen (secondary N) is 2. The Morgan fingerprint density at radius 1 is 0.842 bits per heavy atom. The summed E-state index contributed by atoms with van der Waals surface area (Å²) in [5, 5.41) is 0. The minimum absolute atomic E-state index is 0.112. The van der Waals surface area contributed by atoms with Gasteiger partial charge in [-0.2, -0.15) is 0 Å². The van der Waals surface area contributed by atoms with Crippen LogP contribution in [0.1, 0.15) is 49.9 Å². The van der Waals surface area contributed by atoms with E-state index < -0.39 is 0 Å². The second-order valence-corrected chi connectivity index (χ2v) is 5.01. The van der Waals surface area contributed by atoms with Crippen LogP contribution >= 0.6 is 0 Å². The fourth-order valence-corrected chi connectivity index (χ4v) is 1.96. The molecular formula is C15H18N2O2. The maximum atomic E-state index is 12.0. The summed E-state index contributed by atoms with van der Waals surface area (Å²) in [5.41, 5.74) is 4.99. The second-order valence-electron chi connectivity index (χ2n) is 5.01. The van der Waals surface area contributed by atoms with E-state index in [-0.39, 0.29) is 18.0 Å². The van der Waals surface area contributed by atoms with Crippen LogP contribution in [0.2, 0.25) is 0 Å². The first-order chi connectivity index (χ1) is 8.88. The van der Waals surface area contributed by atoms with E-state index in [9.17, 15) is 9.59 Å². The Kier molecular flexibility index (Phi) is 3.42. The molecule has 4 heteroatoms. The SMILES string of the molecule is Cc1cc(C(=O)CC(=O)c2cc(C)c(C)[nH]2)[nH]c1C. The molecule has 0 amide bonds. The van der Waals surface area contributed by atoms with E-state index in [4.69, 9.17) is 0 Å². The second kappa shape index (κ2) is 4.88. The third-order valence-corrected chi connectivity index (χ3v) is 3.47. The van der Waals surface area contributed by atoms with Crippen molar-refractivity contribution in [2.75, 3.05) is 0 Å². The van der Waals surface area contributed by atoms with E-state index in [1.165, 1.54) is 0 Å². The van der Waals surface area contributed by atoms with Crippen LogP contribution in [0.25, 0.3) is 0 Å². The molecule has 0 spiro atoms. The summed E-state index contributed by atoms with van der Waals surface area (Å²) < 4.78 is 0. The van der Waals surface area contributed by atoms with E-state index in [1.807, 2.05) is 27.7 Å². The molecule has 0 aliphatic heterocycles. The number of aromatic nitrogens is 2. The topological polar surface area (TPSA) is 65.7 Å². The van der Waals surface area contributed by atoms with Gasteiger partial charge in [0, 0.05) is 11.4 Å². The molecule has 0 bridgehead atoms. The van der Waals surface area contributed by atoms with E-state index >= 15 is 0 Å². The van der Waals surface area contributed by atoms with Crippen LogP contribution in [0.5, 0.6) is 0 Å². The summed E-state index contributed by atoms with van der Waals surface area (Å²) in [4.78, 5) is 30.1. The molecule has 0 saturated heterocycles. The highest BCUT2D eigenvalue weighted by molar-refractivity contribution is 6.12. The van der Waals surface area contributed by atoms with Gasteiger partial charge in [-0.1, -0.05) is 0 Å². The number of carbonyl (C=O) groups excluding carboxylic acids is 2. The molecule has 0 unspecified atom stereocenters. The molecular weight excluding hydrogens is 240 g/mol. The first kappa shape index (κ1) is 13.3. The highest BCUT2D eigenvalue weighted by Crippen LogP contribution is 2.14. The van der Waals surface area contributed by atoms with Gasteiger partial charge in [0.25, 0.3) is 0 Å². The number of H-pyrrole nitrogens is 2. The third kappa shape index (κ3) is 2.67. The van der Waals surface area contributed by atoms with Gasteiger partial charge in [0.15, 0.2) is 11.6 Å². The van der Waals surface area contributed by atoms with Crippen molar-refractivity contribution < 1.29 is 9.59 Å². The zero-order chi connectivity index (χ0) is 14.2. The average Bonchev–Trinajstić information content (AvgIpc) is 2.84. The molecule has 2 rings (SSSR count). The highest BCUT2D eigenvalue weighted by Gasteiger charge is 2.17. The Morgan fingerprint density at radius 2 is 1.21 bits per heavy atom. The van der Waals surface area contributed by atoms with Crippen molar-refractivity contribution in [3.63, 3.8) is 0 Å². The highest BCUT2D eigenvalue weighted by atomic mass is 16.1. The summed E-state index contributed by atoms with van der Waals surface area (Å²) in [5.74, 6) is -0.350. The van der Waals surface area contributed by atoms with Gasteiger partial charge in [0.2, 0.25) is 0 Å². The largest absolute Gasteiger partial charge is 0.356 e. The molecule has 2 aromatic heterocycles. The molecule has 0 radical (unpaired) electrons. The molecule has 0 aliphatic rings. The normalized spacial score (nSPS) is 10.7. The van der Waals surface area contributed by atoms with Crippen molar-refractivity contribution >= 4 is 11.6 Å². The molecule has 2 N–H and O–H groups in total. The first-order valence-electron chi connectivity index (χ1n) is 6.27. The van der Waals surface area contributed by atoms with Gasteiger partial charge in [0.05, 0.1) is 17.8 Å². The van der Waals surface area contributed by atoms with Crippen LogP contribution in [0.3, 0.4) is 0 Å². The summed E-state index contributed by atoms with van der Waals surface area (Å²) in [6.45, 7) is 7.68. The molecule has 2 heterocycles. The van der Waals surface area contributed by atoms with Crippen molar-refractivity contribution in [1.82, 2.24) is 9.97 Å². The molecule has 2 aromatic rings. The van der Waals surface area contributed by atoms with E-state index in [1.54, 1.807) is 12.1 Å². The lowest BCUT2D eigenvalue weighted by Crippen LogP contribution is -2.09. The van der Waals surface area contributed by atoms with Crippen molar-refractivity contribution in [3.05, 3.63) is 46.0 Å². The minimum Gasteiger partial charge on any atom is -0.356 e. The van der Waals surface area contributed by atoms with E-state index in [2.05, 4.69) is 9.97 Å². The van der Waals surface area contributed by atoms with E-state index in [0.29, 0.717) is 11.4 Å². The fraction of sp³-hybridized carbons (Fsp3) is 0.333. The van der Waals surface area contributed by atoms with Gasteiger partial charge in [-0.05, 0) is 51.0 Å². The van der Waals surface area contributed by atoms with Gasteiger partial charge in [-0.25, -0.2) is 0 Å². The smallest absolute Gasteiger partial charge is 0.186 e. The Hall–Kier alpha value is -2.10. The number of aromatic amines is 2. The van der Waals surface area contributed by atoms with E-state index in [0.717, 1.165) is 22.5 Å². The van der Waals surface area contributed by atoms with Gasteiger partial charge >= 0.3 is 0 Å². The van der Waals surface area contributed by atoms with Crippen molar-refractivity contribution in [2.24, 2.45) is 0 Å². The van der Waals surface area contributed by atoms with Crippen LogP contribution in [-0.2, 0) is 0 Å². The zero-order valence-electron chi connectivity index (χ0n) is 11.7. The standard InChI is InChI=1S/C15H18N2O2/c1-8-5-12(16-10(8)3)14(18)7-15(19)13-6-9(2)11(4)17-13/h5-6,16-17H,7H2,1-4H3. The number of aryl methyl sites for hydroxylation is 4. The lowest BCUT2D eigenvalue weighted by Gasteiger charge is -1.97. The molecule has 0 aliphatic carbocycles. The fourth-order valence-electron chi connectivity index (χ4n) is 1.96. The zero-order valence-corrected chi connectivity index (χ0v) is 11.7. The molecule has 4 nitrogen and oxygen atoms in total. The minimum atomic E-state index is -0.175. The lowest BCUT2D eigenvalue weighted by atomic mass is 10.1. The van der Waals surface area contributed by atoms with Gasteiger partial charge in [-0.3, -0.25) is 9.59 Å². The third-order valence-electron chi connectivity index (χ3n) is 3.47. The number of carbonyl (C=O) groups is 2. The summed E-state index contributed by atoms with van der Waals surface area (Å²) in [6, 6.07) is 3.58. The predicted octanol–water partition coefficient (Wildman–Crippen LogP) is 3.03. The van der Waals surface area contributed by atoms with Crippen molar-refractivity contribution in [1.29, 1.82) is 0 Å². The summed E-state index contributed by atoms with van der Waals surface area (Å²) in [7, 11) is 0. The van der Waals surface area contributed by atoms with Crippen LogP contribution in [0, 0.1) is 27.7 Å². The maximum Gasteiger partial charge on any atom is 0.186 e. The van der Waals surface area contributed by atoms with Crippen LogP contribution in [0.4, 0.5) is 0 Å². The molecule has 0 aromatic carbocycles. The van der Waals surface area contributed by atoms with Crippen LogP contribution in [0.15, 0.2) is 12.1 Å². The first-order valence-corrected chi connectivity index (χ1v) is 6.27. The van der Waals surface area contributed by atoms with Crippen molar-refractivity contribution in [3.8, 4) is 0 Å². The Labute approximate surface area is 112 Å². The quantitative estimate of drug-likeness (QED) is 0.654. The number of rotatable bonds is 4.